The Labute approximate surface area is 66.8 Å². The van der Waals surface area contributed by atoms with Crippen LogP contribution in [0.5, 0.6) is 5.75 Å². The highest BCUT2D eigenvalue weighted by Crippen LogP contribution is 2.06. The maximum Gasteiger partial charge on any atom is 0.360 e. The Hall–Kier alpha value is -1.85. The predicted molar refractivity (Wildman–Crippen MR) is 37.9 cm³/mol. The van der Waals surface area contributed by atoms with Gasteiger partial charge < -0.3 is 14.8 Å². The van der Waals surface area contributed by atoms with Gasteiger partial charge in [-0.05, 0) is 0 Å². The van der Waals surface area contributed by atoms with Crippen molar-refractivity contribution in [1.29, 1.82) is 0 Å². The maximum atomic E-state index is 10.8. The molecule has 2 N–H and O–H groups in total. The summed E-state index contributed by atoms with van der Waals surface area (Å²) in [4.78, 5) is 27.0. The van der Waals surface area contributed by atoms with E-state index in [1.807, 2.05) is 0 Å². The number of aromatic hydroxyl groups is 1. The fourth-order valence-electron chi connectivity index (χ4n) is 0.639. The van der Waals surface area contributed by atoms with E-state index < -0.39 is 17.3 Å². The Balaban J connectivity index is 3.26. The van der Waals surface area contributed by atoms with Gasteiger partial charge in [0.25, 0.3) is 5.56 Å². The molecule has 6 nitrogen and oxygen atoms in total. The van der Waals surface area contributed by atoms with Gasteiger partial charge in [-0.3, -0.25) is 4.79 Å². The summed E-state index contributed by atoms with van der Waals surface area (Å²) in [5, 5.41) is 8.99. The van der Waals surface area contributed by atoms with Crippen molar-refractivity contribution in [2.24, 2.45) is 0 Å². The lowest BCUT2D eigenvalue weighted by Crippen LogP contribution is -2.13. The van der Waals surface area contributed by atoms with Crippen molar-refractivity contribution in [2.45, 2.75) is 0 Å². The van der Waals surface area contributed by atoms with Crippen LogP contribution in [0.3, 0.4) is 0 Å². The van der Waals surface area contributed by atoms with Crippen LogP contribution in [0.4, 0.5) is 0 Å². The first-order valence-corrected chi connectivity index (χ1v) is 3.01. The number of H-pyrrole nitrogens is 1. The highest BCUT2D eigenvalue weighted by molar-refractivity contribution is 5.89. The molecule has 0 atom stereocenters. The van der Waals surface area contributed by atoms with Crippen LogP contribution < -0.4 is 5.56 Å². The Kier molecular flexibility index (Phi) is 2.09. The first-order chi connectivity index (χ1) is 5.66. The minimum atomic E-state index is -0.849. The molecule has 0 aliphatic rings. The number of methoxy groups -OCH3 is 1. The molecule has 1 rings (SSSR count). The minimum Gasteiger partial charge on any atom is -0.501 e. The third-order valence-electron chi connectivity index (χ3n) is 1.21. The summed E-state index contributed by atoms with van der Waals surface area (Å²) in [6.45, 7) is 0. The summed E-state index contributed by atoms with van der Waals surface area (Å²) in [7, 11) is 1.13. The number of ether oxygens (including phenoxy) is 1. The molecule has 64 valence electrons. The molecule has 1 aromatic heterocycles. The molecule has 0 unspecified atom stereocenters. The number of nitrogens with zero attached hydrogens (tertiary/aromatic N) is 1. The van der Waals surface area contributed by atoms with Gasteiger partial charge in [-0.1, -0.05) is 0 Å². The molecule has 0 aliphatic heterocycles. The topological polar surface area (TPSA) is 92.3 Å². The molecular weight excluding hydrogens is 164 g/mol. The number of carbonyl (C=O) groups is 1. The highest BCUT2D eigenvalue weighted by atomic mass is 16.5. The molecule has 0 spiro atoms. The molecule has 0 aliphatic carbocycles. The highest BCUT2D eigenvalue weighted by Gasteiger charge is 2.14. The van der Waals surface area contributed by atoms with Crippen LogP contribution in [-0.2, 0) is 4.74 Å². The van der Waals surface area contributed by atoms with E-state index in [2.05, 4.69) is 14.7 Å². The van der Waals surface area contributed by atoms with E-state index in [4.69, 9.17) is 5.11 Å². The van der Waals surface area contributed by atoms with E-state index in [1.165, 1.54) is 0 Å². The van der Waals surface area contributed by atoms with Crippen LogP contribution >= 0.6 is 0 Å². The number of nitrogens with one attached hydrogen (secondary N) is 1. The van der Waals surface area contributed by atoms with E-state index in [9.17, 15) is 9.59 Å². The van der Waals surface area contributed by atoms with Gasteiger partial charge >= 0.3 is 5.97 Å². The monoisotopic (exact) mass is 170 g/mol. The second-order valence-electron chi connectivity index (χ2n) is 1.92. The first-order valence-electron chi connectivity index (χ1n) is 3.01. The minimum absolute atomic E-state index is 0.388. The number of aromatic amines is 1. The van der Waals surface area contributed by atoms with Crippen LogP contribution in [-0.4, -0.2) is 28.2 Å². The lowest BCUT2D eigenvalue weighted by atomic mass is 10.4. The standard InChI is InChI=1S/C6H6N2O4/c1-12-6(11)3-4(9)5(10)8-2-7-3/h2,9H,1H3,(H,7,8,10). The van der Waals surface area contributed by atoms with E-state index in [0.29, 0.717) is 0 Å². The van der Waals surface area contributed by atoms with Gasteiger partial charge in [-0.15, -0.1) is 0 Å². The SMILES string of the molecule is COC(=O)c1nc[nH]c(=O)c1O. The van der Waals surface area contributed by atoms with Crippen molar-refractivity contribution in [2.75, 3.05) is 7.11 Å². The molecule has 1 aromatic rings. The van der Waals surface area contributed by atoms with Gasteiger partial charge in [-0.2, -0.15) is 0 Å². The molecule has 0 fully saturated rings. The Morgan fingerprint density at radius 2 is 2.42 bits per heavy atom. The molecule has 12 heavy (non-hydrogen) atoms. The Morgan fingerprint density at radius 3 is 3.00 bits per heavy atom. The molecule has 6 heteroatoms. The van der Waals surface area contributed by atoms with Gasteiger partial charge in [-0.25, -0.2) is 9.78 Å². The first kappa shape index (κ1) is 8.25. The molecule has 0 radical (unpaired) electrons. The number of hydrogen-bond donors (Lipinski definition) is 2. The van der Waals surface area contributed by atoms with E-state index in [0.717, 1.165) is 13.4 Å². The van der Waals surface area contributed by atoms with E-state index in [-0.39, 0.29) is 5.69 Å². The number of rotatable bonds is 1. The summed E-state index contributed by atoms with van der Waals surface area (Å²) in [5.74, 6) is -1.58. The molecular formula is C6H6N2O4. The number of esters is 1. The van der Waals surface area contributed by atoms with Gasteiger partial charge in [0, 0.05) is 0 Å². The van der Waals surface area contributed by atoms with Crippen LogP contribution in [0.1, 0.15) is 10.5 Å². The van der Waals surface area contributed by atoms with Crippen molar-refractivity contribution in [3.8, 4) is 5.75 Å². The average molecular weight is 170 g/mol. The van der Waals surface area contributed by atoms with Gasteiger partial charge in [0.15, 0.2) is 5.69 Å². The molecule has 0 aromatic carbocycles. The lowest BCUT2D eigenvalue weighted by molar-refractivity contribution is 0.0589. The van der Waals surface area contributed by atoms with Crippen molar-refractivity contribution >= 4 is 5.97 Å². The summed E-state index contributed by atoms with van der Waals surface area (Å²) in [5.41, 5.74) is -1.16. The summed E-state index contributed by atoms with van der Waals surface area (Å²) in [6, 6.07) is 0. The van der Waals surface area contributed by atoms with Crippen LogP contribution in [0.25, 0.3) is 0 Å². The molecule has 1 heterocycles. The lowest BCUT2D eigenvalue weighted by Gasteiger charge is -1.98. The second-order valence-corrected chi connectivity index (χ2v) is 1.92. The largest absolute Gasteiger partial charge is 0.501 e. The zero-order valence-corrected chi connectivity index (χ0v) is 6.20. The average Bonchev–Trinajstić information content (AvgIpc) is 2.08. The molecule has 0 bridgehead atoms. The van der Waals surface area contributed by atoms with Crippen molar-refractivity contribution in [3.05, 3.63) is 22.4 Å². The zero-order valence-electron chi connectivity index (χ0n) is 6.20. The Bertz CT molecular complexity index is 357. The number of carbonyl (C=O) groups excluding carboxylic acids is 1. The van der Waals surface area contributed by atoms with Crippen LogP contribution in [0, 0.1) is 0 Å². The quantitative estimate of drug-likeness (QED) is 0.541. The third-order valence-corrected chi connectivity index (χ3v) is 1.21. The van der Waals surface area contributed by atoms with E-state index in [1.54, 1.807) is 0 Å². The normalized spacial score (nSPS) is 9.42. The molecule has 0 amide bonds. The van der Waals surface area contributed by atoms with Gasteiger partial charge in [0.2, 0.25) is 5.75 Å². The third kappa shape index (κ3) is 1.26. The van der Waals surface area contributed by atoms with Gasteiger partial charge in [0.05, 0.1) is 13.4 Å². The molecule has 0 saturated heterocycles. The summed E-state index contributed by atoms with van der Waals surface area (Å²) >= 11 is 0. The van der Waals surface area contributed by atoms with Crippen LogP contribution in [0.15, 0.2) is 11.1 Å². The fourth-order valence-corrected chi connectivity index (χ4v) is 0.639. The maximum absolute atomic E-state index is 10.8. The van der Waals surface area contributed by atoms with Crippen molar-refractivity contribution in [1.82, 2.24) is 9.97 Å². The molecule has 0 saturated carbocycles. The smallest absolute Gasteiger partial charge is 0.360 e. The number of aromatic nitrogens is 2. The summed E-state index contributed by atoms with van der Waals surface area (Å²) in [6.07, 6.45) is 1.01. The van der Waals surface area contributed by atoms with Crippen molar-refractivity contribution in [3.63, 3.8) is 0 Å². The number of hydrogen-bond acceptors (Lipinski definition) is 5. The Morgan fingerprint density at radius 1 is 1.75 bits per heavy atom. The van der Waals surface area contributed by atoms with Crippen LogP contribution in [0.2, 0.25) is 0 Å². The van der Waals surface area contributed by atoms with Crippen molar-refractivity contribution < 1.29 is 14.6 Å². The summed E-state index contributed by atoms with van der Waals surface area (Å²) < 4.78 is 4.26. The van der Waals surface area contributed by atoms with E-state index >= 15 is 0 Å². The fraction of sp³-hybridized carbons (Fsp3) is 0.167. The zero-order chi connectivity index (χ0) is 9.14. The second kappa shape index (κ2) is 3.04. The van der Waals surface area contributed by atoms with Gasteiger partial charge in [0.1, 0.15) is 0 Å². The predicted octanol–water partition coefficient (Wildman–Crippen LogP) is -0.738.